The molecule has 21 heavy (non-hydrogen) atoms. The molecule has 1 atom stereocenters. The Labute approximate surface area is 125 Å². The molecule has 0 saturated heterocycles. The van der Waals surface area contributed by atoms with E-state index in [4.69, 9.17) is 4.74 Å². The zero-order chi connectivity index (χ0) is 14.8. The predicted octanol–water partition coefficient (Wildman–Crippen LogP) is 4.63. The minimum atomic E-state index is -0.196. The molecule has 1 unspecified atom stereocenters. The van der Waals surface area contributed by atoms with Crippen molar-refractivity contribution >= 4 is 5.69 Å². The Balaban J connectivity index is 1.85. The molecule has 0 aromatic heterocycles. The number of aryl methyl sites for hydroxylation is 1. The molecule has 0 aliphatic carbocycles. The van der Waals surface area contributed by atoms with Gasteiger partial charge in [0.1, 0.15) is 11.6 Å². The fourth-order valence-corrected chi connectivity index (χ4v) is 2.77. The maximum Gasteiger partial charge on any atom is 0.146 e. The van der Waals surface area contributed by atoms with Crippen molar-refractivity contribution in [3.8, 4) is 5.75 Å². The van der Waals surface area contributed by atoms with Crippen molar-refractivity contribution in [3.63, 3.8) is 0 Å². The van der Waals surface area contributed by atoms with Gasteiger partial charge >= 0.3 is 0 Å². The number of fused-ring (bicyclic) bond motifs is 1. The summed E-state index contributed by atoms with van der Waals surface area (Å²) in [5.74, 6) is 0.785. The van der Waals surface area contributed by atoms with E-state index in [0.29, 0.717) is 5.69 Å². The van der Waals surface area contributed by atoms with Crippen LogP contribution in [-0.4, -0.2) is 6.61 Å². The fourth-order valence-electron chi connectivity index (χ4n) is 2.77. The van der Waals surface area contributed by atoms with Gasteiger partial charge in [-0.3, -0.25) is 0 Å². The summed E-state index contributed by atoms with van der Waals surface area (Å²) >= 11 is 0. The molecule has 0 amide bonds. The molecule has 2 aromatic carbocycles. The fraction of sp³-hybridized carbons (Fsp3) is 0.333. The predicted molar refractivity (Wildman–Crippen MR) is 83.4 cm³/mol. The second-order valence-electron chi connectivity index (χ2n) is 5.55. The van der Waals surface area contributed by atoms with Crippen LogP contribution in [0.1, 0.15) is 36.1 Å². The highest BCUT2D eigenvalue weighted by Gasteiger charge is 2.17. The van der Waals surface area contributed by atoms with Crippen LogP contribution < -0.4 is 10.1 Å². The lowest BCUT2D eigenvalue weighted by Crippen LogP contribution is -2.11. The van der Waals surface area contributed by atoms with Crippen molar-refractivity contribution in [2.24, 2.45) is 0 Å². The number of anilines is 1. The zero-order valence-electron chi connectivity index (χ0n) is 12.4. The van der Waals surface area contributed by atoms with Gasteiger partial charge in [0.2, 0.25) is 0 Å². The maximum absolute atomic E-state index is 14.0. The van der Waals surface area contributed by atoms with Crippen LogP contribution in [0, 0.1) is 12.7 Å². The highest BCUT2D eigenvalue weighted by atomic mass is 19.1. The summed E-state index contributed by atoms with van der Waals surface area (Å²) in [6.07, 6.45) is 1.85. The molecule has 110 valence electrons. The van der Waals surface area contributed by atoms with Gasteiger partial charge in [0.05, 0.1) is 18.3 Å². The van der Waals surface area contributed by atoms with Gasteiger partial charge in [0.25, 0.3) is 0 Å². The molecule has 3 heteroatoms. The second-order valence-corrected chi connectivity index (χ2v) is 5.55. The lowest BCUT2D eigenvalue weighted by atomic mass is 10.0. The lowest BCUT2D eigenvalue weighted by Gasteiger charge is -2.20. The second kappa shape index (κ2) is 5.76. The largest absolute Gasteiger partial charge is 0.493 e. The van der Waals surface area contributed by atoms with Crippen molar-refractivity contribution in [3.05, 3.63) is 58.9 Å². The third-order valence-corrected chi connectivity index (χ3v) is 3.98. The Hall–Kier alpha value is -2.03. The lowest BCUT2D eigenvalue weighted by molar-refractivity contribution is 0.357. The summed E-state index contributed by atoms with van der Waals surface area (Å²) < 4.78 is 19.5. The maximum atomic E-state index is 14.0. The van der Waals surface area contributed by atoms with Gasteiger partial charge in [-0.15, -0.1) is 0 Å². The Morgan fingerprint density at radius 1 is 1.24 bits per heavy atom. The van der Waals surface area contributed by atoms with Crippen LogP contribution in [0.3, 0.4) is 0 Å². The zero-order valence-corrected chi connectivity index (χ0v) is 12.4. The monoisotopic (exact) mass is 285 g/mol. The number of hydrogen-bond donors (Lipinski definition) is 1. The van der Waals surface area contributed by atoms with Crippen LogP contribution in [-0.2, 0) is 6.42 Å². The average Bonchev–Trinajstić information content (AvgIpc) is 2.94. The molecule has 0 fully saturated rings. The highest BCUT2D eigenvalue weighted by Crippen LogP contribution is 2.31. The smallest absolute Gasteiger partial charge is 0.146 e. The number of nitrogens with one attached hydrogen (secondary N) is 1. The summed E-state index contributed by atoms with van der Waals surface area (Å²) in [5.41, 5.74) is 3.92. The van der Waals surface area contributed by atoms with Crippen molar-refractivity contribution in [1.82, 2.24) is 0 Å². The molecular formula is C18H20FNO. The van der Waals surface area contributed by atoms with E-state index in [-0.39, 0.29) is 11.9 Å². The van der Waals surface area contributed by atoms with Crippen LogP contribution in [0.5, 0.6) is 5.75 Å². The summed E-state index contributed by atoms with van der Waals surface area (Å²) in [6, 6.07) is 11.7. The van der Waals surface area contributed by atoms with Crippen LogP contribution >= 0.6 is 0 Å². The first-order valence-electron chi connectivity index (χ1n) is 7.45. The quantitative estimate of drug-likeness (QED) is 0.884. The molecule has 2 nitrogen and oxygen atoms in total. The molecule has 1 heterocycles. The van der Waals surface area contributed by atoms with Crippen LogP contribution in [0.25, 0.3) is 0 Å². The van der Waals surface area contributed by atoms with Gasteiger partial charge in [-0.1, -0.05) is 19.1 Å². The van der Waals surface area contributed by atoms with E-state index in [1.807, 2.05) is 25.1 Å². The van der Waals surface area contributed by atoms with E-state index in [1.54, 1.807) is 6.07 Å². The van der Waals surface area contributed by atoms with Crippen molar-refractivity contribution < 1.29 is 9.13 Å². The van der Waals surface area contributed by atoms with Crippen molar-refractivity contribution in [2.75, 3.05) is 11.9 Å². The molecule has 2 aromatic rings. The normalized spacial score (nSPS) is 14.4. The number of halogens is 1. The van der Waals surface area contributed by atoms with E-state index in [0.717, 1.165) is 30.8 Å². The Bertz CT molecular complexity index is 654. The standard InChI is InChI=1S/C18H20FNO/c1-3-16(20-17-6-4-12(2)10-15(17)19)13-5-7-18-14(11-13)8-9-21-18/h4-7,10-11,16,20H,3,8-9H2,1-2H3. The summed E-state index contributed by atoms with van der Waals surface area (Å²) in [7, 11) is 0. The number of rotatable bonds is 4. The molecule has 0 spiro atoms. The molecular weight excluding hydrogens is 265 g/mol. The van der Waals surface area contributed by atoms with E-state index in [1.165, 1.54) is 11.1 Å². The Kier molecular flexibility index (Phi) is 3.82. The van der Waals surface area contributed by atoms with Gasteiger partial charge in [-0.2, -0.15) is 0 Å². The van der Waals surface area contributed by atoms with E-state index < -0.39 is 0 Å². The topological polar surface area (TPSA) is 21.3 Å². The molecule has 1 N–H and O–H groups in total. The SMILES string of the molecule is CCC(Nc1ccc(C)cc1F)c1ccc2c(c1)CCO2. The van der Waals surface area contributed by atoms with Crippen molar-refractivity contribution in [2.45, 2.75) is 32.7 Å². The number of benzene rings is 2. The molecule has 1 aliphatic heterocycles. The van der Waals surface area contributed by atoms with Crippen LogP contribution in [0.4, 0.5) is 10.1 Å². The van der Waals surface area contributed by atoms with Gasteiger partial charge in [0.15, 0.2) is 0 Å². The number of ether oxygens (including phenoxy) is 1. The average molecular weight is 285 g/mol. The molecule has 3 rings (SSSR count). The van der Waals surface area contributed by atoms with E-state index in [2.05, 4.69) is 24.4 Å². The molecule has 1 aliphatic rings. The summed E-state index contributed by atoms with van der Waals surface area (Å²) in [6.45, 7) is 4.76. The third kappa shape index (κ3) is 2.87. The molecule has 0 radical (unpaired) electrons. The third-order valence-electron chi connectivity index (χ3n) is 3.98. The van der Waals surface area contributed by atoms with E-state index >= 15 is 0 Å². The van der Waals surface area contributed by atoms with Crippen molar-refractivity contribution in [1.29, 1.82) is 0 Å². The first-order chi connectivity index (χ1) is 10.2. The Morgan fingerprint density at radius 2 is 2.10 bits per heavy atom. The molecule has 0 saturated carbocycles. The molecule has 0 bridgehead atoms. The van der Waals surface area contributed by atoms with Gasteiger partial charge in [0, 0.05) is 6.42 Å². The van der Waals surface area contributed by atoms with Crippen LogP contribution in [0.15, 0.2) is 36.4 Å². The van der Waals surface area contributed by atoms with Gasteiger partial charge < -0.3 is 10.1 Å². The first-order valence-corrected chi connectivity index (χ1v) is 7.45. The van der Waals surface area contributed by atoms with Gasteiger partial charge in [-0.05, 0) is 54.3 Å². The summed E-state index contributed by atoms with van der Waals surface area (Å²) in [5, 5.41) is 3.32. The van der Waals surface area contributed by atoms with Crippen LogP contribution in [0.2, 0.25) is 0 Å². The highest BCUT2D eigenvalue weighted by molar-refractivity contribution is 5.49. The minimum absolute atomic E-state index is 0.105. The van der Waals surface area contributed by atoms with E-state index in [9.17, 15) is 4.39 Å². The number of hydrogen-bond acceptors (Lipinski definition) is 2. The first kappa shape index (κ1) is 13.9. The van der Waals surface area contributed by atoms with Gasteiger partial charge in [-0.25, -0.2) is 4.39 Å². The summed E-state index contributed by atoms with van der Waals surface area (Å²) in [4.78, 5) is 0. The minimum Gasteiger partial charge on any atom is -0.493 e. The Morgan fingerprint density at radius 3 is 2.86 bits per heavy atom.